The number of rotatable bonds is 2. The summed E-state index contributed by atoms with van der Waals surface area (Å²) in [5.74, 6) is -0.891. The summed E-state index contributed by atoms with van der Waals surface area (Å²) in [5.41, 5.74) is 0.334. The molecule has 116 valence electrons. The standard InChI is InChI=1S/C17H24O4/c1-11-8-9-12(14(18)20-16(2,3)4)10-13(11)15(19)21-17(5,6)7/h8-10H,1-7H3. The molecule has 0 saturated carbocycles. The third-order valence-electron chi connectivity index (χ3n) is 2.49. The van der Waals surface area contributed by atoms with Crippen LogP contribution in [0, 0.1) is 6.92 Å². The predicted molar refractivity (Wildman–Crippen MR) is 81.5 cm³/mol. The molecule has 0 aliphatic carbocycles. The molecule has 1 aromatic carbocycles. The van der Waals surface area contributed by atoms with Gasteiger partial charge in [-0.1, -0.05) is 6.07 Å². The Bertz CT molecular complexity index is 545. The van der Waals surface area contributed by atoms with Crippen LogP contribution in [0.25, 0.3) is 0 Å². The summed E-state index contributed by atoms with van der Waals surface area (Å²) in [6.45, 7) is 12.6. The lowest BCUT2D eigenvalue weighted by atomic mass is 10.0. The first-order valence-electron chi connectivity index (χ1n) is 6.96. The summed E-state index contributed by atoms with van der Waals surface area (Å²) < 4.78 is 10.7. The van der Waals surface area contributed by atoms with E-state index in [-0.39, 0.29) is 0 Å². The molecule has 4 heteroatoms. The molecule has 0 aliphatic rings. The molecule has 21 heavy (non-hydrogen) atoms. The van der Waals surface area contributed by atoms with Gasteiger partial charge in [0.25, 0.3) is 0 Å². The van der Waals surface area contributed by atoms with Crippen LogP contribution >= 0.6 is 0 Å². The molecule has 1 aromatic rings. The van der Waals surface area contributed by atoms with E-state index in [1.165, 1.54) is 6.07 Å². The van der Waals surface area contributed by atoms with Crippen LogP contribution in [0.15, 0.2) is 18.2 Å². The van der Waals surface area contributed by atoms with E-state index in [4.69, 9.17) is 9.47 Å². The molecule has 0 bridgehead atoms. The molecular formula is C17H24O4. The van der Waals surface area contributed by atoms with Crippen molar-refractivity contribution in [1.29, 1.82) is 0 Å². The van der Waals surface area contributed by atoms with Crippen LogP contribution in [0.5, 0.6) is 0 Å². The number of carbonyl (C=O) groups is 2. The minimum Gasteiger partial charge on any atom is -0.456 e. The minimum absolute atomic E-state index is 0.344. The van der Waals surface area contributed by atoms with Crippen LogP contribution in [0.3, 0.4) is 0 Å². The SMILES string of the molecule is Cc1ccc(C(=O)OC(C)(C)C)cc1C(=O)OC(C)(C)C. The molecular weight excluding hydrogens is 268 g/mol. The summed E-state index contributed by atoms with van der Waals surface area (Å²) in [7, 11) is 0. The molecule has 4 nitrogen and oxygen atoms in total. The van der Waals surface area contributed by atoms with Crippen molar-refractivity contribution >= 4 is 11.9 Å². The topological polar surface area (TPSA) is 52.6 Å². The number of hydrogen-bond acceptors (Lipinski definition) is 4. The fourth-order valence-electron chi connectivity index (χ4n) is 1.64. The Morgan fingerprint density at radius 2 is 1.33 bits per heavy atom. The van der Waals surface area contributed by atoms with Crippen molar-refractivity contribution in [2.45, 2.75) is 59.7 Å². The highest BCUT2D eigenvalue weighted by molar-refractivity contribution is 5.96. The van der Waals surface area contributed by atoms with Crippen molar-refractivity contribution in [3.63, 3.8) is 0 Å². The van der Waals surface area contributed by atoms with E-state index >= 15 is 0 Å². The fraction of sp³-hybridized carbons (Fsp3) is 0.529. The Hall–Kier alpha value is -1.84. The number of esters is 2. The highest BCUT2D eigenvalue weighted by atomic mass is 16.6. The molecule has 0 aliphatic heterocycles. The lowest BCUT2D eigenvalue weighted by Crippen LogP contribution is -2.25. The van der Waals surface area contributed by atoms with Crippen LogP contribution in [0.1, 0.15) is 67.8 Å². The number of carbonyl (C=O) groups excluding carboxylic acids is 2. The molecule has 0 N–H and O–H groups in total. The van der Waals surface area contributed by atoms with Crippen molar-refractivity contribution in [2.24, 2.45) is 0 Å². The summed E-state index contributed by atoms with van der Waals surface area (Å²) in [5, 5.41) is 0. The molecule has 0 fully saturated rings. The van der Waals surface area contributed by atoms with Crippen LogP contribution in [0.2, 0.25) is 0 Å². The van der Waals surface area contributed by atoms with Crippen molar-refractivity contribution in [2.75, 3.05) is 0 Å². The van der Waals surface area contributed by atoms with Gasteiger partial charge >= 0.3 is 11.9 Å². The molecule has 0 amide bonds. The molecule has 0 atom stereocenters. The molecule has 0 radical (unpaired) electrons. The molecule has 0 heterocycles. The maximum Gasteiger partial charge on any atom is 0.338 e. The van der Waals surface area contributed by atoms with E-state index in [1.807, 2.05) is 0 Å². The maximum absolute atomic E-state index is 12.2. The largest absolute Gasteiger partial charge is 0.456 e. The summed E-state index contributed by atoms with van der Waals surface area (Å²) in [4.78, 5) is 24.2. The van der Waals surface area contributed by atoms with E-state index in [1.54, 1.807) is 60.6 Å². The van der Waals surface area contributed by atoms with Gasteiger partial charge in [-0.25, -0.2) is 9.59 Å². The predicted octanol–water partition coefficient (Wildman–Crippen LogP) is 3.91. The summed E-state index contributed by atoms with van der Waals surface area (Å²) in [6, 6.07) is 4.90. The Morgan fingerprint density at radius 3 is 1.81 bits per heavy atom. The third-order valence-corrected chi connectivity index (χ3v) is 2.49. The normalized spacial score (nSPS) is 12.0. The van der Waals surface area contributed by atoms with Crippen molar-refractivity contribution in [1.82, 2.24) is 0 Å². The number of hydrogen-bond donors (Lipinski definition) is 0. The zero-order valence-electron chi connectivity index (χ0n) is 13.9. The lowest BCUT2D eigenvalue weighted by molar-refractivity contribution is 0.00672. The van der Waals surface area contributed by atoms with Crippen LogP contribution in [-0.2, 0) is 9.47 Å². The molecule has 0 saturated heterocycles. The van der Waals surface area contributed by atoms with Gasteiger partial charge in [0.15, 0.2) is 0 Å². The van der Waals surface area contributed by atoms with Gasteiger partial charge in [0.1, 0.15) is 11.2 Å². The molecule has 0 spiro atoms. The van der Waals surface area contributed by atoms with Gasteiger partial charge in [-0.05, 0) is 66.2 Å². The quantitative estimate of drug-likeness (QED) is 0.776. The van der Waals surface area contributed by atoms with Gasteiger partial charge in [-0.3, -0.25) is 0 Å². The van der Waals surface area contributed by atoms with E-state index in [0.29, 0.717) is 11.1 Å². The van der Waals surface area contributed by atoms with Gasteiger partial charge < -0.3 is 9.47 Å². The smallest absolute Gasteiger partial charge is 0.338 e. The van der Waals surface area contributed by atoms with E-state index in [0.717, 1.165) is 5.56 Å². The average molecular weight is 292 g/mol. The summed E-state index contributed by atoms with van der Waals surface area (Å²) in [6.07, 6.45) is 0. The number of benzene rings is 1. The van der Waals surface area contributed by atoms with Crippen LogP contribution in [-0.4, -0.2) is 23.1 Å². The highest BCUT2D eigenvalue weighted by Gasteiger charge is 2.22. The first kappa shape index (κ1) is 17.2. The molecule has 1 rings (SSSR count). The second-order valence-electron chi connectivity index (χ2n) is 7.03. The molecule has 0 unspecified atom stereocenters. The van der Waals surface area contributed by atoms with Crippen molar-refractivity contribution in [3.8, 4) is 0 Å². The Labute approximate surface area is 126 Å². The average Bonchev–Trinajstić information content (AvgIpc) is 2.24. The van der Waals surface area contributed by atoms with Gasteiger partial charge in [0, 0.05) is 0 Å². The second kappa shape index (κ2) is 5.88. The highest BCUT2D eigenvalue weighted by Crippen LogP contribution is 2.19. The first-order valence-corrected chi connectivity index (χ1v) is 6.96. The third kappa shape index (κ3) is 5.58. The van der Waals surface area contributed by atoms with E-state index in [2.05, 4.69) is 0 Å². The second-order valence-corrected chi connectivity index (χ2v) is 7.03. The monoisotopic (exact) mass is 292 g/mol. The van der Waals surface area contributed by atoms with Gasteiger partial charge in [0.2, 0.25) is 0 Å². The zero-order valence-corrected chi connectivity index (χ0v) is 13.9. The van der Waals surface area contributed by atoms with Crippen LogP contribution < -0.4 is 0 Å². The zero-order chi connectivity index (χ0) is 16.4. The van der Waals surface area contributed by atoms with E-state index in [9.17, 15) is 9.59 Å². The van der Waals surface area contributed by atoms with Crippen LogP contribution in [0.4, 0.5) is 0 Å². The Kier molecular flexibility index (Phi) is 4.82. The van der Waals surface area contributed by atoms with Gasteiger partial charge in [-0.15, -0.1) is 0 Å². The maximum atomic E-state index is 12.2. The first-order chi connectivity index (χ1) is 9.39. The van der Waals surface area contributed by atoms with Gasteiger partial charge in [0.05, 0.1) is 11.1 Å². The summed E-state index contributed by atoms with van der Waals surface area (Å²) >= 11 is 0. The molecule has 0 aromatic heterocycles. The fourth-order valence-corrected chi connectivity index (χ4v) is 1.64. The Balaban J connectivity index is 3.05. The number of aryl methyl sites for hydroxylation is 1. The Morgan fingerprint density at radius 1 is 0.857 bits per heavy atom. The van der Waals surface area contributed by atoms with Crippen molar-refractivity contribution < 1.29 is 19.1 Å². The van der Waals surface area contributed by atoms with Crippen molar-refractivity contribution in [3.05, 3.63) is 34.9 Å². The lowest BCUT2D eigenvalue weighted by Gasteiger charge is -2.21. The minimum atomic E-state index is -0.578. The van der Waals surface area contributed by atoms with E-state index < -0.39 is 23.1 Å². The number of ether oxygens (including phenoxy) is 2. The van der Waals surface area contributed by atoms with Gasteiger partial charge in [-0.2, -0.15) is 0 Å².